The fraction of sp³-hybridized carbons (Fsp3) is 0. The topological polar surface area (TPSA) is 0 Å². The van der Waals surface area contributed by atoms with E-state index in [1.165, 1.54) is 86.4 Å². The minimum Gasteiger partial charge on any atom is -0.0623 e. The lowest BCUT2D eigenvalue weighted by Gasteiger charge is -2.34. The highest BCUT2D eigenvalue weighted by molar-refractivity contribution is 7.19. The molecule has 0 bridgehead atoms. The van der Waals surface area contributed by atoms with Crippen LogP contribution in [0, 0.1) is 0 Å². The van der Waals surface area contributed by atoms with Crippen molar-refractivity contribution in [3.63, 3.8) is 0 Å². The van der Waals surface area contributed by atoms with Crippen LogP contribution < -0.4 is 20.7 Å². The van der Waals surface area contributed by atoms with Crippen molar-refractivity contribution in [1.29, 1.82) is 0 Å². The van der Waals surface area contributed by atoms with Gasteiger partial charge in [-0.3, -0.25) is 0 Å². The van der Waals surface area contributed by atoms with E-state index in [0.29, 0.717) is 0 Å². The first-order valence-electron chi connectivity index (χ1n) is 19.1. The molecule has 0 aromatic heterocycles. The van der Waals surface area contributed by atoms with Crippen molar-refractivity contribution in [2.45, 2.75) is 0 Å². The molecule has 10 aromatic rings. The summed E-state index contributed by atoms with van der Waals surface area (Å²) >= 11 is 0. The van der Waals surface area contributed by atoms with E-state index in [1.807, 2.05) is 0 Å². The van der Waals surface area contributed by atoms with Crippen LogP contribution in [0.15, 0.2) is 231 Å². The van der Waals surface area contributed by atoms with Crippen molar-refractivity contribution in [3.05, 3.63) is 231 Å². The van der Waals surface area contributed by atoms with Crippen LogP contribution in [0.2, 0.25) is 0 Å². The van der Waals surface area contributed by atoms with Crippen LogP contribution in [-0.4, -0.2) is 8.07 Å². The number of benzene rings is 10. The van der Waals surface area contributed by atoms with E-state index in [0.717, 1.165) is 0 Å². The monoisotopic (exact) mass is 714 g/mol. The molecule has 258 valence electrons. The van der Waals surface area contributed by atoms with Crippen LogP contribution in [0.3, 0.4) is 0 Å². The first-order valence-corrected chi connectivity index (χ1v) is 21.1. The highest BCUT2D eigenvalue weighted by Gasteiger charge is 2.41. The molecule has 0 aliphatic carbocycles. The largest absolute Gasteiger partial charge is 0.179 e. The van der Waals surface area contributed by atoms with Crippen molar-refractivity contribution in [3.8, 4) is 33.4 Å². The molecular weight excluding hydrogens is 677 g/mol. The van der Waals surface area contributed by atoms with Gasteiger partial charge in [0.2, 0.25) is 0 Å². The van der Waals surface area contributed by atoms with Crippen molar-refractivity contribution in [2.75, 3.05) is 0 Å². The van der Waals surface area contributed by atoms with Gasteiger partial charge in [-0.1, -0.05) is 231 Å². The molecule has 0 atom stereocenters. The molecular formula is C54H38Si. The quantitative estimate of drug-likeness (QED) is 0.0876. The highest BCUT2D eigenvalue weighted by Crippen LogP contribution is 2.45. The third kappa shape index (κ3) is 5.52. The minimum absolute atomic E-state index is 1.21. The molecule has 0 unspecified atom stereocenters. The molecule has 0 fully saturated rings. The maximum absolute atomic E-state index is 2.57. The molecule has 0 radical (unpaired) electrons. The van der Waals surface area contributed by atoms with Crippen LogP contribution >= 0.6 is 0 Å². The van der Waals surface area contributed by atoms with Crippen LogP contribution in [0.5, 0.6) is 0 Å². The average molecular weight is 715 g/mol. The zero-order chi connectivity index (χ0) is 36.6. The van der Waals surface area contributed by atoms with Gasteiger partial charge in [-0.2, -0.15) is 0 Å². The summed E-state index contributed by atoms with van der Waals surface area (Å²) < 4.78 is 0. The number of fused-ring (bicyclic) bond motifs is 3. The van der Waals surface area contributed by atoms with Gasteiger partial charge in [0.25, 0.3) is 0 Å². The van der Waals surface area contributed by atoms with Crippen LogP contribution in [0.1, 0.15) is 0 Å². The molecule has 0 aliphatic rings. The molecule has 55 heavy (non-hydrogen) atoms. The molecule has 0 N–H and O–H groups in total. The predicted octanol–water partition coefficient (Wildman–Crippen LogP) is 11.5. The summed E-state index contributed by atoms with van der Waals surface area (Å²) in [6, 6.07) is 85.3. The Balaban J connectivity index is 1.09. The third-order valence-electron chi connectivity index (χ3n) is 11.4. The average Bonchev–Trinajstić information content (AvgIpc) is 3.27. The second kappa shape index (κ2) is 13.9. The van der Waals surface area contributed by atoms with E-state index < -0.39 is 8.07 Å². The molecule has 0 saturated carbocycles. The van der Waals surface area contributed by atoms with E-state index in [-0.39, 0.29) is 0 Å². The summed E-state index contributed by atoms with van der Waals surface area (Å²) in [4.78, 5) is 0. The van der Waals surface area contributed by atoms with E-state index in [2.05, 4.69) is 231 Å². The summed E-state index contributed by atoms with van der Waals surface area (Å²) in [7, 11) is -2.57. The first-order chi connectivity index (χ1) is 27.3. The van der Waals surface area contributed by atoms with E-state index >= 15 is 0 Å². The summed E-state index contributed by atoms with van der Waals surface area (Å²) in [5.41, 5.74) is 7.50. The summed E-state index contributed by atoms with van der Waals surface area (Å²) in [6.45, 7) is 0. The van der Waals surface area contributed by atoms with Gasteiger partial charge in [0.15, 0.2) is 8.07 Å². The Morgan fingerprint density at radius 3 is 1.05 bits per heavy atom. The molecule has 0 heterocycles. The summed E-state index contributed by atoms with van der Waals surface area (Å²) in [5.74, 6) is 0. The van der Waals surface area contributed by atoms with E-state index in [1.54, 1.807) is 0 Å². The van der Waals surface area contributed by atoms with Gasteiger partial charge in [0.1, 0.15) is 0 Å². The number of rotatable bonds is 7. The molecule has 0 nitrogen and oxygen atoms in total. The molecule has 10 rings (SSSR count). The highest BCUT2D eigenvalue weighted by atomic mass is 28.3. The molecule has 0 spiro atoms. The van der Waals surface area contributed by atoms with E-state index in [9.17, 15) is 0 Å². The smallest absolute Gasteiger partial charge is 0.0623 e. The molecule has 0 amide bonds. The Morgan fingerprint density at radius 1 is 0.218 bits per heavy atom. The molecule has 10 aromatic carbocycles. The Labute approximate surface area is 323 Å². The zero-order valence-electron chi connectivity index (χ0n) is 30.4. The zero-order valence-corrected chi connectivity index (χ0v) is 31.4. The molecule has 0 saturated heterocycles. The second-order valence-electron chi connectivity index (χ2n) is 14.4. The van der Waals surface area contributed by atoms with Gasteiger partial charge >= 0.3 is 0 Å². The molecule has 1 heteroatoms. The lowest BCUT2D eigenvalue weighted by molar-refractivity contribution is 1.61. The normalized spacial score (nSPS) is 11.6. The van der Waals surface area contributed by atoms with E-state index in [4.69, 9.17) is 0 Å². The Hall–Kier alpha value is -6.80. The fourth-order valence-electron chi connectivity index (χ4n) is 8.98. The van der Waals surface area contributed by atoms with Gasteiger partial charge in [-0.05, 0) is 86.4 Å². The van der Waals surface area contributed by atoms with Gasteiger partial charge in [0.05, 0.1) is 0 Å². The van der Waals surface area contributed by atoms with Crippen molar-refractivity contribution in [1.82, 2.24) is 0 Å². The fourth-order valence-corrected chi connectivity index (χ4v) is 13.7. The summed E-state index contributed by atoms with van der Waals surface area (Å²) in [6.07, 6.45) is 0. The van der Waals surface area contributed by atoms with Crippen LogP contribution in [0.4, 0.5) is 0 Å². The van der Waals surface area contributed by atoms with Crippen molar-refractivity contribution < 1.29 is 0 Å². The summed E-state index contributed by atoms with van der Waals surface area (Å²) in [5, 5.41) is 13.1. The Morgan fingerprint density at radius 2 is 0.564 bits per heavy atom. The molecule has 0 aliphatic heterocycles. The van der Waals surface area contributed by atoms with Crippen molar-refractivity contribution >= 4 is 61.1 Å². The standard InChI is InChI=1S/C54H38Si/c1-4-19-43(20-5-1)55(44-21-6-2-7-22-44,45-23-8-3-9-24-45)46-37-35-40(36-38-46)39-31-33-42(34-32-39)53-49-26-12-14-28-51(49)54(52-29-15-13-27-50(52)53)48-30-16-18-41-17-10-11-25-47(41)48/h1-38H. The van der Waals surface area contributed by atoms with Gasteiger partial charge in [0, 0.05) is 0 Å². The Kier molecular flexibility index (Phi) is 8.28. The maximum atomic E-state index is 2.38. The van der Waals surface area contributed by atoms with Gasteiger partial charge in [-0.25, -0.2) is 0 Å². The number of hydrogen-bond acceptors (Lipinski definition) is 0. The number of hydrogen-bond donors (Lipinski definition) is 0. The van der Waals surface area contributed by atoms with Gasteiger partial charge in [-0.15, -0.1) is 0 Å². The van der Waals surface area contributed by atoms with Crippen LogP contribution in [-0.2, 0) is 0 Å². The maximum Gasteiger partial charge on any atom is 0.179 e. The second-order valence-corrected chi connectivity index (χ2v) is 18.2. The van der Waals surface area contributed by atoms with Gasteiger partial charge < -0.3 is 0 Å². The van der Waals surface area contributed by atoms with Crippen molar-refractivity contribution in [2.24, 2.45) is 0 Å². The minimum atomic E-state index is -2.57. The lowest BCUT2D eigenvalue weighted by atomic mass is 9.84. The third-order valence-corrected chi connectivity index (χ3v) is 16.2. The van der Waals surface area contributed by atoms with Crippen LogP contribution in [0.25, 0.3) is 65.7 Å². The SMILES string of the molecule is c1ccc([Si](c2ccccc2)(c2ccccc2)c2ccc(-c3ccc(-c4c5ccccc5c(-c5cccc6ccccc56)c5ccccc45)cc3)cc2)cc1. The first kappa shape index (κ1) is 32.8. The lowest BCUT2D eigenvalue weighted by Crippen LogP contribution is -2.74. The Bertz CT molecular complexity index is 2770. The predicted molar refractivity (Wildman–Crippen MR) is 239 cm³/mol.